The summed E-state index contributed by atoms with van der Waals surface area (Å²) in [6.45, 7) is 3.20. The largest absolute Gasteiger partial charge is 0.476 e. The molecule has 12 heteroatoms. The number of amides is 1. The molecule has 0 radical (unpaired) electrons. The van der Waals surface area contributed by atoms with Crippen molar-refractivity contribution in [3.05, 3.63) is 101 Å². The Bertz CT molecular complexity index is 1650. The summed E-state index contributed by atoms with van der Waals surface area (Å²) in [6.07, 6.45) is 1.69. The van der Waals surface area contributed by atoms with Crippen molar-refractivity contribution in [1.82, 2.24) is 9.66 Å². The molecule has 0 saturated carbocycles. The number of hydrogen-bond donors (Lipinski definition) is 1. The lowest BCUT2D eigenvalue weighted by Crippen LogP contribution is -2.22. The summed E-state index contributed by atoms with van der Waals surface area (Å²) in [7, 11) is 0. The van der Waals surface area contributed by atoms with Crippen LogP contribution in [0, 0.1) is 17.0 Å². The number of benzene rings is 3. The number of hydrogen-bond acceptors (Lipinski definition) is 7. The van der Waals surface area contributed by atoms with Crippen LogP contribution in [0.15, 0.2) is 73.4 Å². The quantitative estimate of drug-likeness (QED) is 0.151. The molecule has 0 unspecified atom stereocenters. The number of nitro benzene ring substituents is 1. The van der Waals surface area contributed by atoms with E-state index in [1.807, 2.05) is 26.0 Å². The lowest BCUT2D eigenvalue weighted by molar-refractivity contribution is -0.385. The van der Waals surface area contributed by atoms with E-state index < -0.39 is 23.0 Å². The second-order valence-corrected chi connectivity index (χ2v) is 9.99. The molecule has 0 fully saturated rings. The van der Waals surface area contributed by atoms with Crippen molar-refractivity contribution in [3.63, 3.8) is 0 Å². The number of rotatable bonds is 8. The fraction of sp³-hybridized carbons (Fsp3) is 0.154. The smallest absolute Gasteiger partial charge is 0.312 e. The second-order valence-electron chi connectivity index (χ2n) is 8.16. The average molecular weight is 643 g/mol. The van der Waals surface area contributed by atoms with Crippen LogP contribution < -0.4 is 15.6 Å². The van der Waals surface area contributed by atoms with Crippen LogP contribution in [0.2, 0.25) is 0 Å². The van der Waals surface area contributed by atoms with E-state index in [-0.39, 0.29) is 17.0 Å². The molecular formula is C26H21Br2N5O5. The number of fused-ring (bicyclic) bond motifs is 1. The van der Waals surface area contributed by atoms with Crippen LogP contribution in [0.25, 0.3) is 10.9 Å². The predicted molar refractivity (Wildman–Crippen MR) is 152 cm³/mol. The van der Waals surface area contributed by atoms with E-state index >= 15 is 0 Å². The van der Waals surface area contributed by atoms with Gasteiger partial charge in [0.05, 0.1) is 22.0 Å². The minimum Gasteiger partial charge on any atom is -0.476 e. The van der Waals surface area contributed by atoms with Gasteiger partial charge in [0.2, 0.25) is 5.75 Å². The monoisotopic (exact) mass is 641 g/mol. The van der Waals surface area contributed by atoms with Crippen molar-refractivity contribution in [1.29, 1.82) is 0 Å². The number of aromatic nitrogens is 2. The summed E-state index contributed by atoms with van der Waals surface area (Å²) in [5.74, 6) is -0.247. The third-order valence-corrected chi connectivity index (χ3v) is 6.48. The summed E-state index contributed by atoms with van der Waals surface area (Å²) in [5.41, 5.74) is 1.43. The zero-order valence-corrected chi connectivity index (χ0v) is 23.4. The zero-order valence-electron chi connectivity index (χ0n) is 20.3. The highest BCUT2D eigenvalue weighted by molar-refractivity contribution is 9.10. The van der Waals surface area contributed by atoms with E-state index in [1.165, 1.54) is 12.3 Å². The molecule has 0 spiro atoms. The van der Waals surface area contributed by atoms with E-state index in [1.54, 1.807) is 36.4 Å². The van der Waals surface area contributed by atoms with Crippen molar-refractivity contribution in [2.24, 2.45) is 5.10 Å². The molecule has 0 bridgehead atoms. The molecule has 0 atom stereocenters. The topological polar surface area (TPSA) is 129 Å². The first-order valence-corrected chi connectivity index (χ1v) is 13.0. The third kappa shape index (κ3) is 5.97. The Morgan fingerprint density at radius 1 is 1.18 bits per heavy atom. The first-order chi connectivity index (χ1) is 18.2. The van der Waals surface area contributed by atoms with E-state index in [2.05, 4.69) is 47.3 Å². The highest BCUT2D eigenvalue weighted by Gasteiger charge is 2.22. The van der Waals surface area contributed by atoms with Gasteiger partial charge in [-0.05, 0) is 42.8 Å². The van der Waals surface area contributed by atoms with Gasteiger partial charge >= 0.3 is 5.69 Å². The van der Waals surface area contributed by atoms with Gasteiger partial charge in [0.15, 0.2) is 6.61 Å². The normalized spacial score (nSPS) is 11.2. The molecule has 0 aliphatic heterocycles. The maximum absolute atomic E-state index is 13.2. The number of para-hydroxylation sites is 1. The minimum absolute atomic E-state index is 0.163. The number of carbonyl (C=O) groups excluding carboxylic acids is 1. The van der Waals surface area contributed by atoms with Crippen molar-refractivity contribution in [3.8, 4) is 5.75 Å². The average Bonchev–Trinajstić information content (AvgIpc) is 2.88. The highest BCUT2D eigenvalue weighted by Crippen LogP contribution is 2.34. The Morgan fingerprint density at radius 2 is 1.95 bits per heavy atom. The van der Waals surface area contributed by atoms with Gasteiger partial charge in [-0.3, -0.25) is 19.7 Å². The SMILES string of the molecule is CCc1nc2ccc(Br)cc2c(=O)n1N=Cc1cc(Br)cc([N+](=O)[O-])c1OCC(=O)Nc1ccccc1C. The number of halogens is 2. The van der Waals surface area contributed by atoms with Gasteiger partial charge in [0, 0.05) is 32.7 Å². The number of nitro groups is 1. The molecule has 0 aliphatic carbocycles. The summed E-state index contributed by atoms with van der Waals surface area (Å²) in [6, 6.07) is 15.2. The predicted octanol–water partition coefficient (Wildman–Crippen LogP) is 5.60. The van der Waals surface area contributed by atoms with E-state index in [9.17, 15) is 19.7 Å². The molecule has 1 N–H and O–H groups in total. The van der Waals surface area contributed by atoms with E-state index in [0.29, 0.717) is 37.8 Å². The van der Waals surface area contributed by atoms with Gasteiger partial charge in [0.1, 0.15) is 5.82 Å². The number of nitrogens with zero attached hydrogens (tertiary/aromatic N) is 4. The highest BCUT2D eigenvalue weighted by atomic mass is 79.9. The summed E-state index contributed by atoms with van der Waals surface area (Å²) >= 11 is 6.63. The van der Waals surface area contributed by atoms with E-state index in [0.717, 1.165) is 10.2 Å². The fourth-order valence-electron chi connectivity index (χ4n) is 3.69. The molecular weight excluding hydrogens is 622 g/mol. The molecule has 1 aromatic heterocycles. The van der Waals surface area contributed by atoms with Crippen molar-refractivity contribution < 1.29 is 14.5 Å². The van der Waals surface area contributed by atoms with E-state index in [4.69, 9.17) is 4.74 Å². The molecule has 3 aromatic carbocycles. The number of nitrogens with one attached hydrogen (secondary N) is 1. The Hall–Kier alpha value is -3.90. The van der Waals surface area contributed by atoms with Crippen LogP contribution in [-0.4, -0.2) is 33.3 Å². The van der Waals surface area contributed by atoms with Crippen molar-refractivity contribution in [2.75, 3.05) is 11.9 Å². The molecule has 10 nitrogen and oxygen atoms in total. The van der Waals surface area contributed by atoms with Crippen LogP contribution in [0.1, 0.15) is 23.9 Å². The lowest BCUT2D eigenvalue weighted by Gasteiger charge is -2.12. The van der Waals surface area contributed by atoms with Gasteiger partial charge in [-0.1, -0.05) is 57.0 Å². The maximum atomic E-state index is 13.2. The summed E-state index contributed by atoms with van der Waals surface area (Å²) < 4.78 is 7.90. The van der Waals surface area contributed by atoms with Crippen LogP contribution in [0.4, 0.5) is 11.4 Å². The zero-order chi connectivity index (χ0) is 27.4. The molecule has 4 aromatic rings. The Kier molecular flexibility index (Phi) is 8.32. The Balaban J connectivity index is 1.71. The van der Waals surface area contributed by atoms with Gasteiger partial charge in [-0.15, -0.1) is 0 Å². The van der Waals surface area contributed by atoms with Crippen molar-refractivity contribution >= 4 is 66.3 Å². The van der Waals surface area contributed by atoms with Gasteiger partial charge in [0.25, 0.3) is 11.5 Å². The Morgan fingerprint density at radius 3 is 2.66 bits per heavy atom. The van der Waals surface area contributed by atoms with Crippen LogP contribution >= 0.6 is 31.9 Å². The number of ether oxygens (including phenoxy) is 1. The molecule has 38 heavy (non-hydrogen) atoms. The summed E-state index contributed by atoms with van der Waals surface area (Å²) in [5, 5.41) is 19.2. The van der Waals surface area contributed by atoms with Crippen LogP contribution in [0.5, 0.6) is 5.75 Å². The van der Waals surface area contributed by atoms with Gasteiger partial charge in [-0.25, -0.2) is 4.98 Å². The maximum Gasteiger partial charge on any atom is 0.312 e. The first kappa shape index (κ1) is 27.1. The van der Waals surface area contributed by atoms with Crippen LogP contribution in [-0.2, 0) is 11.2 Å². The number of aryl methyl sites for hydroxylation is 2. The molecule has 0 aliphatic rings. The fourth-order valence-corrected chi connectivity index (χ4v) is 4.51. The molecule has 1 amide bonds. The van der Waals surface area contributed by atoms with Gasteiger partial charge < -0.3 is 10.1 Å². The van der Waals surface area contributed by atoms with Crippen LogP contribution in [0.3, 0.4) is 0 Å². The molecule has 4 rings (SSSR count). The lowest BCUT2D eigenvalue weighted by atomic mass is 10.2. The molecule has 0 saturated heterocycles. The first-order valence-electron chi connectivity index (χ1n) is 11.4. The molecule has 1 heterocycles. The van der Waals surface area contributed by atoms with Gasteiger partial charge in [-0.2, -0.15) is 9.78 Å². The minimum atomic E-state index is -0.616. The molecule has 194 valence electrons. The second kappa shape index (κ2) is 11.7. The number of carbonyl (C=O) groups is 1. The number of anilines is 1. The van der Waals surface area contributed by atoms with Crippen molar-refractivity contribution in [2.45, 2.75) is 20.3 Å². The Labute approximate surface area is 233 Å². The standard InChI is InChI=1S/C26H21Br2N5O5/c1-3-23-30-21-9-8-17(27)11-19(21)26(35)32(23)29-13-16-10-18(28)12-22(33(36)37)25(16)38-14-24(34)31-20-7-5-4-6-15(20)2/h4-13H,3,14H2,1-2H3,(H,31,34). The summed E-state index contributed by atoms with van der Waals surface area (Å²) in [4.78, 5) is 41.5. The third-order valence-electron chi connectivity index (χ3n) is 5.53.